The van der Waals surface area contributed by atoms with Crippen molar-refractivity contribution in [2.45, 2.75) is 18.4 Å². The van der Waals surface area contributed by atoms with E-state index in [2.05, 4.69) is 9.71 Å². The van der Waals surface area contributed by atoms with Crippen molar-refractivity contribution in [1.82, 2.24) is 9.71 Å². The van der Waals surface area contributed by atoms with E-state index in [4.69, 9.17) is 5.73 Å². The van der Waals surface area contributed by atoms with Gasteiger partial charge < -0.3 is 5.73 Å². The first kappa shape index (κ1) is 14.4. The Balaban J connectivity index is 2.24. The summed E-state index contributed by atoms with van der Waals surface area (Å²) in [4.78, 5) is 3.63. The van der Waals surface area contributed by atoms with E-state index in [1.807, 2.05) is 0 Å². The lowest BCUT2D eigenvalue weighted by Gasteiger charge is -2.09. The molecule has 0 atom stereocenters. The van der Waals surface area contributed by atoms with Crippen LogP contribution in [0.3, 0.4) is 0 Å². The zero-order chi connectivity index (χ0) is 14.8. The predicted octanol–water partition coefficient (Wildman–Crippen LogP) is 1.59. The maximum atomic E-state index is 13.6. The first-order valence-electron chi connectivity index (χ1n) is 5.86. The van der Waals surface area contributed by atoms with Gasteiger partial charge in [-0.2, -0.15) is 0 Å². The first-order valence-corrected chi connectivity index (χ1v) is 7.34. The number of nitrogen functional groups attached to an aromatic ring is 1. The Morgan fingerprint density at radius 3 is 2.60 bits per heavy atom. The molecule has 0 unspecified atom stereocenters. The number of sulfonamides is 1. The lowest BCUT2D eigenvalue weighted by molar-refractivity contribution is 0.557. The highest BCUT2D eigenvalue weighted by molar-refractivity contribution is 7.89. The van der Waals surface area contributed by atoms with E-state index in [1.54, 1.807) is 25.1 Å². The van der Waals surface area contributed by atoms with Crippen molar-refractivity contribution < 1.29 is 12.8 Å². The smallest absolute Gasteiger partial charge is 0.245 e. The molecule has 0 amide bonds. The number of aromatic nitrogens is 1. The number of nitrogens with zero attached hydrogens (tertiary/aromatic N) is 1. The van der Waals surface area contributed by atoms with Gasteiger partial charge in [-0.05, 0) is 31.2 Å². The number of aryl methyl sites for hydroxylation is 1. The molecule has 0 radical (unpaired) electrons. The van der Waals surface area contributed by atoms with Gasteiger partial charge in [0.25, 0.3) is 0 Å². The van der Waals surface area contributed by atoms with Gasteiger partial charge in [0, 0.05) is 5.69 Å². The molecule has 5 nitrogen and oxygen atoms in total. The van der Waals surface area contributed by atoms with Gasteiger partial charge in [-0.25, -0.2) is 17.5 Å². The van der Waals surface area contributed by atoms with E-state index in [9.17, 15) is 12.8 Å². The van der Waals surface area contributed by atoms with Gasteiger partial charge >= 0.3 is 0 Å². The molecule has 0 aliphatic carbocycles. The average molecular weight is 295 g/mol. The van der Waals surface area contributed by atoms with Crippen LogP contribution in [0.1, 0.15) is 11.4 Å². The Labute approximate surface area is 116 Å². The number of benzene rings is 1. The van der Waals surface area contributed by atoms with Crippen LogP contribution in [0.2, 0.25) is 0 Å². The van der Waals surface area contributed by atoms with Crippen molar-refractivity contribution in [3.8, 4) is 0 Å². The van der Waals surface area contributed by atoms with Gasteiger partial charge in [0.05, 0.1) is 17.9 Å². The number of pyridine rings is 1. The van der Waals surface area contributed by atoms with Gasteiger partial charge in [0.1, 0.15) is 10.7 Å². The SMILES string of the molecule is Cc1cccc(CNS(=O)(=O)c2c(N)cccc2F)n1. The van der Waals surface area contributed by atoms with Crippen LogP contribution in [-0.2, 0) is 16.6 Å². The Kier molecular flexibility index (Phi) is 4.01. The zero-order valence-electron chi connectivity index (χ0n) is 10.8. The number of halogens is 1. The molecule has 2 rings (SSSR count). The van der Waals surface area contributed by atoms with Gasteiger partial charge in [-0.1, -0.05) is 12.1 Å². The summed E-state index contributed by atoms with van der Waals surface area (Å²) in [6, 6.07) is 8.99. The van der Waals surface area contributed by atoms with E-state index in [0.717, 1.165) is 11.8 Å². The van der Waals surface area contributed by atoms with Crippen molar-refractivity contribution in [1.29, 1.82) is 0 Å². The molecule has 1 heterocycles. The molecule has 0 spiro atoms. The van der Waals surface area contributed by atoms with Crippen LogP contribution in [0.25, 0.3) is 0 Å². The standard InChI is InChI=1S/C13H14FN3O2S/c1-9-4-2-5-10(17-9)8-16-20(18,19)13-11(14)6-3-7-12(13)15/h2-7,16H,8,15H2,1H3. The highest BCUT2D eigenvalue weighted by Gasteiger charge is 2.21. The molecule has 0 saturated heterocycles. The van der Waals surface area contributed by atoms with Gasteiger partial charge in [0.15, 0.2) is 0 Å². The Bertz CT molecular complexity index is 712. The molecule has 2 aromatic rings. The Hall–Kier alpha value is -1.99. The summed E-state index contributed by atoms with van der Waals surface area (Å²) in [5.41, 5.74) is 6.71. The Morgan fingerprint density at radius 2 is 1.95 bits per heavy atom. The monoisotopic (exact) mass is 295 g/mol. The number of anilines is 1. The summed E-state index contributed by atoms with van der Waals surface area (Å²) in [7, 11) is -4.02. The molecular weight excluding hydrogens is 281 g/mol. The van der Waals surface area contributed by atoms with Crippen molar-refractivity contribution in [2.75, 3.05) is 5.73 Å². The second-order valence-electron chi connectivity index (χ2n) is 4.25. The van der Waals surface area contributed by atoms with Crippen molar-refractivity contribution in [3.63, 3.8) is 0 Å². The number of hydrogen-bond acceptors (Lipinski definition) is 4. The van der Waals surface area contributed by atoms with Crippen LogP contribution in [0.4, 0.5) is 10.1 Å². The van der Waals surface area contributed by atoms with Crippen molar-refractivity contribution in [2.24, 2.45) is 0 Å². The van der Waals surface area contributed by atoms with Crippen molar-refractivity contribution in [3.05, 3.63) is 53.6 Å². The van der Waals surface area contributed by atoms with Gasteiger partial charge in [-0.15, -0.1) is 0 Å². The van der Waals surface area contributed by atoms with Crippen LogP contribution in [0.15, 0.2) is 41.3 Å². The molecule has 3 N–H and O–H groups in total. The maximum Gasteiger partial charge on any atom is 0.245 e. The van der Waals surface area contributed by atoms with Gasteiger partial charge in [-0.3, -0.25) is 4.98 Å². The normalized spacial score (nSPS) is 11.5. The molecule has 0 bridgehead atoms. The third-order valence-electron chi connectivity index (χ3n) is 2.66. The minimum absolute atomic E-state index is 0.0300. The highest BCUT2D eigenvalue weighted by Crippen LogP contribution is 2.21. The summed E-state index contributed by atoms with van der Waals surface area (Å²) in [5.74, 6) is -0.880. The van der Waals surface area contributed by atoms with Crippen LogP contribution in [0.5, 0.6) is 0 Å². The number of nitrogens with one attached hydrogen (secondary N) is 1. The lowest BCUT2D eigenvalue weighted by atomic mass is 10.3. The van der Waals surface area contributed by atoms with Crippen LogP contribution < -0.4 is 10.5 Å². The molecule has 0 aliphatic rings. The number of hydrogen-bond donors (Lipinski definition) is 2. The molecular formula is C13H14FN3O2S. The Morgan fingerprint density at radius 1 is 1.25 bits per heavy atom. The minimum Gasteiger partial charge on any atom is -0.398 e. The van der Waals surface area contributed by atoms with E-state index >= 15 is 0 Å². The highest BCUT2D eigenvalue weighted by atomic mass is 32.2. The fourth-order valence-corrected chi connectivity index (χ4v) is 2.93. The second kappa shape index (κ2) is 5.56. The first-order chi connectivity index (χ1) is 9.40. The quantitative estimate of drug-likeness (QED) is 0.839. The predicted molar refractivity (Wildman–Crippen MR) is 73.8 cm³/mol. The molecule has 0 fully saturated rings. The third kappa shape index (κ3) is 3.12. The summed E-state index contributed by atoms with van der Waals surface area (Å²) in [6.07, 6.45) is 0. The van der Waals surface area contributed by atoms with Crippen LogP contribution in [-0.4, -0.2) is 13.4 Å². The van der Waals surface area contributed by atoms with E-state index in [-0.39, 0.29) is 12.2 Å². The van der Waals surface area contributed by atoms with E-state index in [1.165, 1.54) is 12.1 Å². The fraction of sp³-hybridized carbons (Fsp3) is 0.154. The number of rotatable bonds is 4. The molecule has 1 aromatic heterocycles. The third-order valence-corrected chi connectivity index (χ3v) is 4.15. The maximum absolute atomic E-state index is 13.6. The van der Waals surface area contributed by atoms with Crippen LogP contribution in [0, 0.1) is 12.7 Å². The van der Waals surface area contributed by atoms with Crippen LogP contribution >= 0.6 is 0 Å². The minimum atomic E-state index is -4.02. The topological polar surface area (TPSA) is 85.1 Å². The zero-order valence-corrected chi connectivity index (χ0v) is 11.6. The lowest BCUT2D eigenvalue weighted by Crippen LogP contribution is -2.25. The molecule has 0 saturated carbocycles. The molecule has 0 aliphatic heterocycles. The van der Waals surface area contributed by atoms with E-state index in [0.29, 0.717) is 5.69 Å². The largest absolute Gasteiger partial charge is 0.398 e. The second-order valence-corrected chi connectivity index (χ2v) is 5.96. The molecule has 106 valence electrons. The molecule has 20 heavy (non-hydrogen) atoms. The molecule has 7 heteroatoms. The summed E-state index contributed by atoms with van der Waals surface area (Å²) in [6.45, 7) is 1.77. The fourth-order valence-electron chi connectivity index (χ4n) is 1.75. The van der Waals surface area contributed by atoms with Crippen molar-refractivity contribution >= 4 is 15.7 Å². The molecule has 1 aromatic carbocycles. The summed E-state index contributed by atoms with van der Waals surface area (Å²) < 4.78 is 40.1. The summed E-state index contributed by atoms with van der Waals surface area (Å²) >= 11 is 0. The van der Waals surface area contributed by atoms with Gasteiger partial charge in [0.2, 0.25) is 10.0 Å². The summed E-state index contributed by atoms with van der Waals surface area (Å²) in [5, 5.41) is 0. The number of nitrogens with two attached hydrogens (primary N) is 1. The van der Waals surface area contributed by atoms with E-state index < -0.39 is 20.7 Å². The average Bonchev–Trinajstić information content (AvgIpc) is 2.36.